The third kappa shape index (κ3) is 12.8. The Morgan fingerprint density at radius 3 is 2.17 bits per heavy atom. The van der Waals surface area contributed by atoms with Gasteiger partial charge in [0, 0.05) is 43.9 Å². The van der Waals surface area contributed by atoms with Crippen molar-refractivity contribution < 1.29 is 28.5 Å². The van der Waals surface area contributed by atoms with Crippen LogP contribution in [-0.4, -0.2) is 65.1 Å². The second kappa shape index (κ2) is 17.9. The van der Waals surface area contributed by atoms with Crippen LogP contribution in [0.1, 0.15) is 43.6 Å². The Balaban J connectivity index is 0.00000379. The summed E-state index contributed by atoms with van der Waals surface area (Å²) in [4.78, 5) is 23.5. The summed E-state index contributed by atoms with van der Waals surface area (Å²) in [6.07, 6.45) is 0. The zero-order valence-corrected chi connectivity index (χ0v) is 18.3. The Kier molecular flexibility index (Phi) is 16.6. The minimum absolute atomic E-state index is 0.0532. The van der Waals surface area contributed by atoms with Gasteiger partial charge in [0.1, 0.15) is 6.61 Å². The van der Waals surface area contributed by atoms with Crippen molar-refractivity contribution in [3.8, 4) is 0 Å². The lowest BCUT2D eigenvalue weighted by atomic mass is 10.1. The van der Waals surface area contributed by atoms with Crippen LogP contribution in [0.4, 0.5) is 5.69 Å². The fourth-order valence-electron chi connectivity index (χ4n) is 2.16. The standard InChI is InChI=1S/C19H30N2O6.C2H6/c1-4-24-9-10-26-12-11-25-8-7-21-19(23)18-13-17(20-3)6-5-16(18)14-27-15(2)22;1-2/h5-6,13,20H,4,7-12,14H2,1-3H3,(H,21,23);1-2H3. The number of esters is 1. The first-order valence-electron chi connectivity index (χ1n) is 10.0. The van der Waals surface area contributed by atoms with Crippen LogP contribution in [0.15, 0.2) is 18.2 Å². The third-order valence-corrected chi connectivity index (χ3v) is 3.55. The van der Waals surface area contributed by atoms with Crippen molar-refractivity contribution in [2.45, 2.75) is 34.3 Å². The van der Waals surface area contributed by atoms with E-state index in [-0.39, 0.29) is 12.5 Å². The molecule has 0 bridgehead atoms. The molecule has 0 saturated heterocycles. The number of carbonyl (C=O) groups excluding carboxylic acids is 2. The van der Waals surface area contributed by atoms with Crippen LogP contribution in [0.3, 0.4) is 0 Å². The molecule has 0 atom stereocenters. The number of anilines is 1. The number of carbonyl (C=O) groups is 2. The molecule has 0 unspecified atom stereocenters. The van der Waals surface area contributed by atoms with E-state index in [1.54, 1.807) is 19.2 Å². The molecule has 0 fully saturated rings. The molecule has 0 radical (unpaired) electrons. The normalized spacial score (nSPS) is 9.97. The molecule has 8 heteroatoms. The topological polar surface area (TPSA) is 95.1 Å². The van der Waals surface area contributed by atoms with Crippen molar-refractivity contribution >= 4 is 17.6 Å². The van der Waals surface area contributed by atoms with Gasteiger partial charge in [-0.3, -0.25) is 9.59 Å². The Morgan fingerprint density at radius 1 is 0.966 bits per heavy atom. The van der Waals surface area contributed by atoms with Crippen molar-refractivity contribution in [1.29, 1.82) is 0 Å². The summed E-state index contributed by atoms with van der Waals surface area (Å²) in [5.41, 5.74) is 1.90. The maximum Gasteiger partial charge on any atom is 0.302 e. The van der Waals surface area contributed by atoms with Gasteiger partial charge in [0.25, 0.3) is 5.91 Å². The summed E-state index contributed by atoms with van der Waals surface area (Å²) in [6, 6.07) is 5.31. The van der Waals surface area contributed by atoms with Crippen LogP contribution >= 0.6 is 0 Å². The molecule has 166 valence electrons. The molecule has 0 heterocycles. The zero-order chi connectivity index (χ0) is 21.9. The highest BCUT2D eigenvalue weighted by Gasteiger charge is 2.13. The molecule has 0 aliphatic heterocycles. The maximum atomic E-state index is 12.4. The summed E-state index contributed by atoms with van der Waals surface area (Å²) in [5, 5.41) is 5.79. The summed E-state index contributed by atoms with van der Waals surface area (Å²) < 4.78 is 20.9. The molecule has 0 aliphatic carbocycles. The van der Waals surface area contributed by atoms with Crippen molar-refractivity contribution in [3.63, 3.8) is 0 Å². The Bertz CT molecular complexity index is 580. The molecular formula is C21H36N2O6. The molecule has 8 nitrogen and oxygen atoms in total. The van der Waals surface area contributed by atoms with E-state index in [9.17, 15) is 9.59 Å². The highest BCUT2D eigenvalue weighted by molar-refractivity contribution is 5.96. The van der Waals surface area contributed by atoms with Crippen LogP contribution in [0.5, 0.6) is 0 Å². The lowest BCUT2D eigenvalue weighted by molar-refractivity contribution is -0.142. The van der Waals surface area contributed by atoms with E-state index in [2.05, 4.69) is 10.6 Å². The smallest absolute Gasteiger partial charge is 0.302 e. The molecule has 1 aromatic carbocycles. The molecule has 0 saturated carbocycles. The fourth-order valence-corrected chi connectivity index (χ4v) is 2.16. The predicted octanol–water partition coefficient (Wildman–Crippen LogP) is 2.62. The summed E-state index contributed by atoms with van der Waals surface area (Å²) in [5.74, 6) is -0.637. The van der Waals surface area contributed by atoms with Gasteiger partial charge in [-0.2, -0.15) is 0 Å². The summed E-state index contributed by atoms with van der Waals surface area (Å²) in [7, 11) is 1.77. The zero-order valence-electron chi connectivity index (χ0n) is 18.3. The van der Waals surface area contributed by atoms with Crippen LogP contribution < -0.4 is 10.6 Å². The fraction of sp³-hybridized carbons (Fsp3) is 0.619. The van der Waals surface area contributed by atoms with Crippen molar-refractivity contribution in [2.75, 3.05) is 58.6 Å². The first-order chi connectivity index (χ1) is 14.1. The molecule has 1 aromatic rings. The lowest BCUT2D eigenvalue weighted by Crippen LogP contribution is -2.28. The second-order valence-corrected chi connectivity index (χ2v) is 5.58. The van der Waals surface area contributed by atoms with Gasteiger partial charge in [-0.05, 0) is 19.1 Å². The summed E-state index contributed by atoms with van der Waals surface area (Å²) >= 11 is 0. The van der Waals surface area contributed by atoms with Crippen LogP contribution in [0.25, 0.3) is 0 Å². The number of amides is 1. The van der Waals surface area contributed by atoms with E-state index in [4.69, 9.17) is 18.9 Å². The van der Waals surface area contributed by atoms with Gasteiger partial charge in [-0.1, -0.05) is 19.9 Å². The van der Waals surface area contributed by atoms with Gasteiger partial charge >= 0.3 is 5.97 Å². The number of hydrogen-bond donors (Lipinski definition) is 2. The maximum absolute atomic E-state index is 12.4. The molecule has 29 heavy (non-hydrogen) atoms. The second-order valence-electron chi connectivity index (χ2n) is 5.58. The predicted molar refractivity (Wildman–Crippen MR) is 113 cm³/mol. The minimum Gasteiger partial charge on any atom is -0.461 e. The van der Waals surface area contributed by atoms with Gasteiger partial charge in [0.2, 0.25) is 0 Å². The van der Waals surface area contributed by atoms with Crippen molar-refractivity contribution in [2.24, 2.45) is 0 Å². The van der Waals surface area contributed by atoms with Gasteiger partial charge in [0.05, 0.1) is 33.0 Å². The molecule has 1 amide bonds. The van der Waals surface area contributed by atoms with E-state index >= 15 is 0 Å². The largest absolute Gasteiger partial charge is 0.461 e. The SMILES string of the molecule is CC.CCOCCOCCOCCNC(=O)c1cc(NC)ccc1COC(C)=O. The van der Waals surface area contributed by atoms with Gasteiger partial charge in [-0.25, -0.2) is 0 Å². The number of benzene rings is 1. The van der Waals surface area contributed by atoms with E-state index < -0.39 is 5.97 Å². The van der Waals surface area contributed by atoms with E-state index in [0.717, 1.165) is 5.69 Å². The number of rotatable bonds is 14. The highest BCUT2D eigenvalue weighted by atomic mass is 16.5. The first-order valence-corrected chi connectivity index (χ1v) is 10.0. The quantitative estimate of drug-likeness (QED) is 0.358. The molecular weight excluding hydrogens is 376 g/mol. The summed E-state index contributed by atoms with van der Waals surface area (Å²) in [6.45, 7) is 10.8. The van der Waals surface area contributed by atoms with Gasteiger partial charge < -0.3 is 29.6 Å². The average Bonchev–Trinajstić information content (AvgIpc) is 2.74. The number of hydrogen-bond acceptors (Lipinski definition) is 7. The van der Waals surface area contributed by atoms with Crippen LogP contribution in [0.2, 0.25) is 0 Å². The highest BCUT2D eigenvalue weighted by Crippen LogP contribution is 2.17. The molecule has 0 aliphatic rings. The molecule has 1 rings (SSSR count). The van der Waals surface area contributed by atoms with Crippen molar-refractivity contribution in [1.82, 2.24) is 5.32 Å². The monoisotopic (exact) mass is 412 g/mol. The minimum atomic E-state index is -0.393. The van der Waals surface area contributed by atoms with Gasteiger partial charge in [-0.15, -0.1) is 0 Å². The van der Waals surface area contributed by atoms with E-state index in [1.807, 2.05) is 26.8 Å². The van der Waals surface area contributed by atoms with E-state index in [0.29, 0.717) is 57.3 Å². The molecule has 0 spiro atoms. The van der Waals surface area contributed by atoms with Gasteiger partial charge in [0.15, 0.2) is 0 Å². The average molecular weight is 413 g/mol. The molecule has 0 aromatic heterocycles. The molecule has 2 N–H and O–H groups in total. The van der Waals surface area contributed by atoms with Crippen LogP contribution in [0, 0.1) is 0 Å². The third-order valence-electron chi connectivity index (χ3n) is 3.55. The Hall–Kier alpha value is -2.16. The van der Waals surface area contributed by atoms with Crippen molar-refractivity contribution in [3.05, 3.63) is 29.3 Å². The number of ether oxygens (including phenoxy) is 4. The Labute approximate surface area is 174 Å². The van der Waals surface area contributed by atoms with Crippen LogP contribution in [-0.2, 0) is 30.3 Å². The van der Waals surface area contributed by atoms with E-state index in [1.165, 1.54) is 6.92 Å². The number of nitrogens with one attached hydrogen (secondary N) is 2. The lowest BCUT2D eigenvalue weighted by Gasteiger charge is -2.12. The first kappa shape index (κ1) is 26.8. The Morgan fingerprint density at radius 2 is 1.59 bits per heavy atom.